The monoisotopic (exact) mass is 418 g/mol. The van der Waals surface area contributed by atoms with Crippen molar-refractivity contribution in [2.24, 2.45) is 0 Å². The topological polar surface area (TPSA) is 87.0 Å². The number of aromatic nitrogens is 1. The summed E-state index contributed by atoms with van der Waals surface area (Å²) in [5.41, 5.74) is 2.72. The van der Waals surface area contributed by atoms with E-state index in [4.69, 9.17) is 4.74 Å². The molecule has 0 bridgehead atoms. The fourth-order valence-electron chi connectivity index (χ4n) is 2.88. The number of nitrogens with one attached hydrogen (secondary N) is 2. The van der Waals surface area contributed by atoms with E-state index in [1.165, 1.54) is 0 Å². The molecule has 3 rings (SSSR count). The number of para-hydroxylation sites is 1. The Kier molecular flexibility index (Phi) is 7.30. The number of thioether (sulfide) groups is 1. The lowest BCUT2D eigenvalue weighted by atomic mass is 10.1. The van der Waals surface area contributed by atoms with Crippen molar-refractivity contribution in [1.82, 2.24) is 10.3 Å². The number of nitrogens with zero attached hydrogens (tertiary/aromatic N) is 2. The van der Waals surface area contributed by atoms with Crippen LogP contribution in [0.5, 0.6) is 5.88 Å². The van der Waals surface area contributed by atoms with E-state index in [0.717, 1.165) is 16.1 Å². The molecular formula is C23H22N4O2S. The summed E-state index contributed by atoms with van der Waals surface area (Å²) < 4.78 is 5.54. The maximum absolute atomic E-state index is 12.8. The number of benzene rings is 2. The molecule has 7 heteroatoms. The van der Waals surface area contributed by atoms with Gasteiger partial charge in [-0.2, -0.15) is 5.26 Å². The van der Waals surface area contributed by atoms with E-state index in [-0.39, 0.29) is 23.0 Å². The highest BCUT2D eigenvalue weighted by Crippen LogP contribution is 2.28. The lowest BCUT2D eigenvalue weighted by Gasteiger charge is -2.14. The average Bonchev–Trinajstić information content (AvgIpc) is 2.78. The summed E-state index contributed by atoms with van der Waals surface area (Å²) in [5.74, 6) is -0.206. The summed E-state index contributed by atoms with van der Waals surface area (Å²) in [6, 6.07) is 21.0. The first-order chi connectivity index (χ1) is 14.7. The zero-order valence-corrected chi connectivity index (χ0v) is 17.6. The Labute approximate surface area is 180 Å². The normalized spacial score (nSPS) is 10.2. The van der Waals surface area contributed by atoms with E-state index >= 15 is 0 Å². The van der Waals surface area contributed by atoms with Crippen molar-refractivity contribution < 1.29 is 9.53 Å². The largest absolute Gasteiger partial charge is 0.477 e. The number of hydrogen-bond donors (Lipinski definition) is 2. The molecule has 0 spiro atoms. The van der Waals surface area contributed by atoms with Gasteiger partial charge in [0, 0.05) is 17.1 Å². The van der Waals surface area contributed by atoms with Gasteiger partial charge in [0.15, 0.2) is 0 Å². The van der Waals surface area contributed by atoms with Crippen LogP contribution in [0.3, 0.4) is 0 Å². The Bertz CT molecular complexity index is 1060. The molecule has 2 N–H and O–H groups in total. The first-order valence-electron chi connectivity index (χ1n) is 9.46. The maximum Gasteiger partial charge on any atom is 0.270 e. The van der Waals surface area contributed by atoms with Gasteiger partial charge in [-0.05, 0) is 43.0 Å². The summed E-state index contributed by atoms with van der Waals surface area (Å²) in [6.45, 7) is 2.51. The van der Waals surface area contributed by atoms with Gasteiger partial charge in [-0.25, -0.2) is 4.98 Å². The first kappa shape index (κ1) is 21.2. The number of anilines is 2. The van der Waals surface area contributed by atoms with E-state index in [9.17, 15) is 10.1 Å². The number of carbonyl (C=O) groups excluding carboxylic acids is 1. The minimum atomic E-state index is -0.340. The molecule has 152 valence electrons. The Hall–Kier alpha value is -3.50. The summed E-state index contributed by atoms with van der Waals surface area (Å²) in [7, 11) is 0. The molecule has 0 aliphatic rings. The van der Waals surface area contributed by atoms with E-state index in [2.05, 4.69) is 21.7 Å². The number of carbonyl (C=O) groups is 1. The van der Waals surface area contributed by atoms with Crippen LogP contribution in [0.25, 0.3) is 0 Å². The smallest absolute Gasteiger partial charge is 0.270 e. The number of pyridine rings is 1. The molecule has 2 aromatic carbocycles. The average molecular weight is 419 g/mol. The third-order valence-corrected chi connectivity index (χ3v) is 5.13. The predicted molar refractivity (Wildman–Crippen MR) is 119 cm³/mol. The van der Waals surface area contributed by atoms with E-state index in [0.29, 0.717) is 18.8 Å². The number of ether oxygens (including phenoxy) is 1. The predicted octanol–water partition coefficient (Wildman–Crippen LogP) is 4.75. The second kappa shape index (κ2) is 10.3. The molecule has 0 aliphatic heterocycles. The van der Waals surface area contributed by atoms with Crippen molar-refractivity contribution in [2.45, 2.75) is 18.4 Å². The van der Waals surface area contributed by atoms with Gasteiger partial charge in [0.25, 0.3) is 5.91 Å². The molecule has 1 amide bonds. The number of rotatable bonds is 8. The van der Waals surface area contributed by atoms with Gasteiger partial charge < -0.3 is 15.4 Å². The van der Waals surface area contributed by atoms with Crippen LogP contribution in [0.1, 0.15) is 28.5 Å². The molecule has 0 radical (unpaired) electrons. The molecule has 3 aromatic rings. The van der Waals surface area contributed by atoms with Crippen molar-refractivity contribution in [3.63, 3.8) is 0 Å². The van der Waals surface area contributed by atoms with Crippen LogP contribution < -0.4 is 15.4 Å². The fraction of sp³-hybridized carbons (Fsp3) is 0.174. The number of hydrogen-bond acceptors (Lipinski definition) is 6. The summed E-state index contributed by atoms with van der Waals surface area (Å²) in [4.78, 5) is 18.2. The molecule has 0 unspecified atom stereocenters. The zero-order valence-electron chi connectivity index (χ0n) is 16.8. The second-order valence-electron chi connectivity index (χ2n) is 6.27. The van der Waals surface area contributed by atoms with Crippen LogP contribution in [-0.4, -0.2) is 23.8 Å². The van der Waals surface area contributed by atoms with Gasteiger partial charge in [0.05, 0.1) is 12.3 Å². The van der Waals surface area contributed by atoms with Crippen LogP contribution in [0.15, 0.2) is 65.6 Å². The summed E-state index contributed by atoms with van der Waals surface area (Å²) in [5, 5.41) is 15.7. The quantitative estimate of drug-likeness (QED) is 0.514. The zero-order chi connectivity index (χ0) is 21.3. The highest BCUT2D eigenvalue weighted by Gasteiger charge is 2.18. The fourth-order valence-corrected chi connectivity index (χ4v) is 3.49. The Morgan fingerprint density at radius 2 is 1.90 bits per heavy atom. The van der Waals surface area contributed by atoms with Crippen LogP contribution in [0.2, 0.25) is 0 Å². The van der Waals surface area contributed by atoms with E-state index < -0.39 is 0 Å². The molecule has 1 heterocycles. The summed E-state index contributed by atoms with van der Waals surface area (Å²) in [6.07, 6.45) is 2.00. The molecule has 0 saturated heterocycles. The standard InChI is InChI=1S/C23H22N4O2S/c1-3-29-23-18(14-24)19(26-17-10-5-4-6-11-17)13-20(27-23)22(28)25-15-16-9-7-8-12-21(16)30-2/h4-13H,3,15H2,1-2H3,(H,25,28)(H,26,27). The Morgan fingerprint density at radius 1 is 1.17 bits per heavy atom. The molecular weight excluding hydrogens is 396 g/mol. The minimum absolute atomic E-state index is 0.135. The highest BCUT2D eigenvalue weighted by atomic mass is 32.2. The number of nitriles is 1. The highest BCUT2D eigenvalue weighted by molar-refractivity contribution is 7.98. The lowest BCUT2D eigenvalue weighted by molar-refractivity contribution is 0.0944. The molecule has 1 aromatic heterocycles. The first-order valence-corrected chi connectivity index (χ1v) is 10.7. The van der Waals surface area contributed by atoms with Gasteiger partial charge in [-0.1, -0.05) is 36.4 Å². The van der Waals surface area contributed by atoms with Crippen LogP contribution in [0.4, 0.5) is 11.4 Å². The van der Waals surface area contributed by atoms with Gasteiger partial charge in [0.2, 0.25) is 5.88 Å². The van der Waals surface area contributed by atoms with Gasteiger partial charge in [-0.3, -0.25) is 4.79 Å². The molecule has 0 aliphatic carbocycles. The molecule has 0 fully saturated rings. The van der Waals surface area contributed by atoms with Crippen molar-refractivity contribution in [1.29, 1.82) is 5.26 Å². The molecule has 0 saturated carbocycles. The van der Waals surface area contributed by atoms with Crippen molar-refractivity contribution in [3.8, 4) is 11.9 Å². The molecule has 0 atom stereocenters. The van der Waals surface area contributed by atoms with Crippen molar-refractivity contribution >= 4 is 29.0 Å². The van der Waals surface area contributed by atoms with Gasteiger partial charge >= 0.3 is 0 Å². The van der Waals surface area contributed by atoms with Crippen molar-refractivity contribution in [3.05, 3.63) is 77.5 Å². The Morgan fingerprint density at radius 3 is 2.60 bits per heavy atom. The number of amides is 1. The van der Waals surface area contributed by atoms with Gasteiger partial charge in [0.1, 0.15) is 17.3 Å². The third kappa shape index (κ3) is 5.10. The molecule has 6 nitrogen and oxygen atoms in total. The van der Waals surface area contributed by atoms with Crippen LogP contribution >= 0.6 is 11.8 Å². The Balaban J connectivity index is 1.89. The lowest BCUT2D eigenvalue weighted by Crippen LogP contribution is -2.24. The SMILES string of the molecule is CCOc1nc(C(=O)NCc2ccccc2SC)cc(Nc2ccccc2)c1C#N. The molecule has 30 heavy (non-hydrogen) atoms. The van der Waals surface area contributed by atoms with Crippen molar-refractivity contribution in [2.75, 3.05) is 18.2 Å². The summed E-state index contributed by atoms with van der Waals surface area (Å²) >= 11 is 1.63. The van der Waals surface area contributed by atoms with E-state index in [1.54, 1.807) is 24.8 Å². The van der Waals surface area contributed by atoms with Gasteiger partial charge in [-0.15, -0.1) is 11.8 Å². The van der Waals surface area contributed by atoms with Crippen LogP contribution in [-0.2, 0) is 6.54 Å². The second-order valence-corrected chi connectivity index (χ2v) is 7.11. The minimum Gasteiger partial charge on any atom is -0.477 e. The maximum atomic E-state index is 12.8. The van der Waals surface area contributed by atoms with E-state index in [1.807, 2.05) is 60.9 Å². The third-order valence-electron chi connectivity index (χ3n) is 4.30. The van der Waals surface area contributed by atoms with Crippen LogP contribution in [0, 0.1) is 11.3 Å².